The summed E-state index contributed by atoms with van der Waals surface area (Å²) < 4.78 is 12.6. The number of likely N-dealkylation sites (tertiary alicyclic amines) is 1. The molecule has 1 aromatic heterocycles. The Morgan fingerprint density at radius 3 is 2.39 bits per heavy atom. The molecule has 1 aliphatic heterocycles. The first-order valence-corrected chi connectivity index (χ1v) is 10.8. The molecule has 0 spiro atoms. The third-order valence-electron chi connectivity index (χ3n) is 5.22. The Morgan fingerprint density at radius 1 is 1.16 bits per heavy atom. The van der Waals surface area contributed by atoms with Crippen LogP contribution in [0, 0.1) is 5.92 Å². The van der Waals surface area contributed by atoms with Gasteiger partial charge in [-0.2, -0.15) is 0 Å². The quantitative estimate of drug-likeness (QED) is 0.731. The van der Waals surface area contributed by atoms with Crippen LogP contribution in [0.1, 0.15) is 44.0 Å². The van der Waals surface area contributed by atoms with Crippen LogP contribution in [0.25, 0.3) is 5.69 Å². The van der Waals surface area contributed by atoms with Crippen molar-refractivity contribution < 1.29 is 19.1 Å². The number of benzene rings is 1. The number of amides is 2. The third-order valence-corrected chi connectivity index (χ3v) is 5.52. The van der Waals surface area contributed by atoms with Crippen molar-refractivity contribution in [1.82, 2.24) is 14.8 Å². The Bertz CT molecular complexity index is 914. The average molecular weight is 448 g/mol. The molecule has 0 atom stereocenters. The van der Waals surface area contributed by atoms with Crippen LogP contribution in [-0.2, 0) is 4.74 Å². The molecular weight excluding hydrogens is 418 g/mol. The van der Waals surface area contributed by atoms with E-state index in [2.05, 4.69) is 5.32 Å². The Balaban J connectivity index is 1.60. The molecule has 0 bridgehead atoms. The largest absolute Gasteiger partial charge is 0.496 e. The second-order valence-electron chi connectivity index (χ2n) is 8.71. The number of hydrogen-bond donors (Lipinski definition) is 1. The number of carbonyl (C=O) groups excluding carboxylic acids is 2. The van der Waals surface area contributed by atoms with Crippen molar-refractivity contribution in [2.75, 3.05) is 26.7 Å². The van der Waals surface area contributed by atoms with Gasteiger partial charge >= 0.3 is 6.09 Å². The van der Waals surface area contributed by atoms with Gasteiger partial charge in [0.2, 0.25) is 0 Å². The molecule has 1 saturated heterocycles. The summed E-state index contributed by atoms with van der Waals surface area (Å²) in [6.07, 6.45) is 4.97. The number of piperidine rings is 1. The third kappa shape index (κ3) is 5.94. The van der Waals surface area contributed by atoms with E-state index in [9.17, 15) is 9.59 Å². The number of ether oxygens (including phenoxy) is 2. The maximum atomic E-state index is 13.1. The topological polar surface area (TPSA) is 72.8 Å². The van der Waals surface area contributed by atoms with E-state index in [0.717, 1.165) is 18.5 Å². The molecule has 0 aliphatic carbocycles. The number of carbonyl (C=O) groups is 2. The van der Waals surface area contributed by atoms with Crippen molar-refractivity contribution in [3.05, 3.63) is 47.2 Å². The van der Waals surface area contributed by atoms with Gasteiger partial charge in [0, 0.05) is 38.1 Å². The first kappa shape index (κ1) is 23.0. The lowest BCUT2D eigenvalue weighted by Gasteiger charge is -2.32. The summed E-state index contributed by atoms with van der Waals surface area (Å²) in [6.45, 7) is 7.27. The van der Waals surface area contributed by atoms with Gasteiger partial charge in [-0.05, 0) is 57.7 Å². The van der Waals surface area contributed by atoms with E-state index >= 15 is 0 Å². The zero-order valence-corrected chi connectivity index (χ0v) is 19.2. The molecule has 0 saturated carbocycles. The number of aromatic nitrogens is 1. The van der Waals surface area contributed by atoms with Gasteiger partial charge in [0.05, 0.1) is 23.4 Å². The molecule has 2 heterocycles. The highest BCUT2D eigenvalue weighted by molar-refractivity contribution is 6.33. The zero-order chi connectivity index (χ0) is 22.6. The van der Waals surface area contributed by atoms with Crippen LogP contribution >= 0.6 is 11.6 Å². The predicted octanol–water partition coefficient (Wildman–Crippen LogP) is 4.52. The van der Waals surface area contributed by atoms with Crippen LogP contribution in [0.15, 0.2) is 36.7 Å². The van der Waals surface area contributed by atoms with Gasteiger partial charge in [-0.1, -0.05) is 11.6 Å². The number of nitrogens with zero attached hydrogens (tertiary/aromatic N) is 2. The normalized spacial score (nSPS) is 14.9. The molecule has 1 aliphatic rings. The maximum absolute atomic E-state index is 13.1. The van der Waals surface area contributed by atoms with Crippen LogP contribution < -0.4 is 10.1 Å². The second-order valence-corrected chi connectivity index (χ2v) is 9.12. The summed E-state index contributed by atoms with van der Waals surface area (Å²) in [5, 5.41) is 3.31. The van der Waals surface area contributed by atoms with Gasteiger partial charge in [0.1, 0.15) is 11.4 Å². The van der Waals surface area contributed by atoms with Crippen LogP contribution in [0.4, 0.5) is 4.79 Å². The van der Waals surface area contributed by atoms with Gasteiger partial charge in [-0.3, -0.25) is 4.79 Å². The first-order chi connectivity index (χ1) is 14.7. The number of rotatable bonds is 5. The number of methoxy groups -OCH3 is 1. The van der Waals surface area contributed by atoms with Crippen molar-refractivity contribution in [2.24, 2.45) is 5.92 Å². The van der Waals surface area contributed by atoms with Crippen molar-refractivity contribution >= 4 is 23.6 Å². The number of nitrogens with one attached hydrogen (secondary N) is 1. The smallest absolute Gasteiger partial charge is 0.407 e. The van der Waals surface area contributed by atoms with Crippen molar-refractivity contribution in [1.29, 1.82) is 0 Å². The van der Waals surface area contributed by atoms with Crippen LogP contribution in [-0.4, -0.2) is 53.8 Å². The van der Waals surface area contributed by atoms with Crippen LogP contribution in [0.5, 0.6) is 5.75 Å². The highest BCUT2D eigenvalue weighted by Crippen LogP contribution is 2.31. The standard InChI is InChI=1S/C23H30ClN3O4/c1-23(2,3)31-22(29)25-15-16-7-11-27(12-8-16)21(28)17-13-18(24)19(14-20(17)30-4)26-9-5-6-10-26/h5-6,9-10,13-14,16H,7-8,11-12,15H2,1-4H3,(H,25,29). The molecular formula is C23H30ClN3O4. The summed E-state index contributed by atoms with van der Waals surface area (Å²) in [6, 6.07) is 7.27. The number of halogens is 1. The fourth-order valence-corrected chi connectivity index (χ4v) is 3.89. The van der Waals surface area contributed by atoms with E-state index in [-0.39, 0.29) is 5.91 Å². The minimum Gasteiger partial charge on any atom is -0.496 e. The van der Waals surface area contributed by atoms with Gasteiger partial charge in [0.15, 0.2) is 0 Å². The summed E-state index contributed by atoms with van der Waals surface area (Å²) in [7, 11) is 1.55. The van der Waals surface area contributed by atoms with Gasteiger partial charge in [0.25, 0.3) is 5.91 Å². The van der Waals surface area contributed by atoms with Crippen molar-refractivity contribution in [2.45, 2.75) is 39.2 Å². The molecule has 1 aromatic carbocycles. The zero-order valence-electron chi connectivity index (χ0n) is 18.5. The van der Waals surface area contributed by atoms with E-state index in [1.54, 1.807) is 19.2 Å². The SMILES string of the molecule is COc1cc(-n2cccc2)c(Cl)cc1C(=O)N1CCC(CNC(=O)OC(C)(C)C)CC1. The molecule has 8 heteroatoms. The minimum absolute atomic E-state index is 0.101. The Labute approximate surface area is 188 Å². The van der Waals surface area contributed by atoms with Crippen molar-refractivity contribution in [3.8, 4) is 11.4 Å². The number of alkyl carbamates (subject to hydrolysis) is 1. The Hall–Kier alpha value is -2.67. The van der Waals surface area contributed by atoms with Crippen molar-refractivity contribution in [3.63, 3.8) is 0 Å². The molecule has 2 aromatic rings. The van der Waals surface area contributed by atoms with Gasteiger partial charge in [-0.15, -0.1) is 0 Å². The molecule has 31 heavy (non-hydrogen) atoms. The van der Waals surface area contributed by atoms with E-state index in [1.807, 2.05) is 54.8 Å². The summed E-state index contributed by atoms with van der Waals surface area (Å²) in [5.74, 6) is 0.696. The summed E-state index contributed by atoms with van der Waals surface area (Å²) in [4.78, 5) is 26.8. The summed E-state index contributed by atoms with van der Waals surface area (Å²) in [5.41, 5.74) is 0.692. The van der Waals surface area contributed by atoms with Gasteiger partial charge in [-0.25, -0.2) is 4.79 Å². The van der Waals surface area contributed by atoms with E-state index in [0.29, 0.717) is 41.9 Å². The molecule has 7 nitrogen and oxygen atoms in total. The molecule has 168 valence electrons. The lowest BCUT2D eigenvalue weighted by atomic mass is 9.96. The maximum Gasteiger partial charge on any atom is 0.407 e. The Kier molecular flexibility index (Phi) is 7.15. The van der Waals surface area contributed by atoms with E-state index < -0.39 is 11.7 Å². The van der Waals surface area contributed by atoms with Crippen LogP contribution in [0.3, 0.4) is 0 Å². The predicted molar refractivity (Wildman–Crippen MR) is 120 cm³/mol. The fraction of sp³-hybridized carbons (Fsp3) is 0.478. The molecule has 0 unspecified atom stereocenters. The fourth-order valence-electron chi connectivity index (χ4n) is 3.62. The second kappa shape index (κ2) is 9.64. The number of hydrogen-bond acceptors (Lipinski definition) is 4. The van der Waals surface area contributed by atoms with Gasteiger partial charge < -0.3 is 24.3 Å². The molecule has 3 rings (SSSR count). The van der Waals surface area contributed by atoms with E-state index in [4.69, 9.17) is 21.1 Å². The molecule has 1 fully saturated rings. The lowest BCUT2D eigenvalue weighted by molar-refractivity contribution is 0.0500. The highest BCUT2D eigenvalue weighted by Gasteiger charge is 2.27. The minimum atomic E-state index is -0.517. The monoisotopic (exact) mass is 447 g/mol. The molecule has 2 amide bonds. The van der Waals surface area contributed by atoms with Crippen LogP contribution in [0.2, 0.25) is 5.02 Å². The highest BCUT2D eigenvalue weighted by atomic mass is 35.5. The molecule has 1 N–H and O–H groups in total. The lowest BCUT2D eigenvalue weighted by Crippen LogP contribution is -2.42. The first-order valence-electron chi connectivity index (χ1n) is 10.4. The Morgan fingerprint density at radius 2 is 1.81 bits per heavy atom. The van der Waals surface area contributed by atoms with E-state index in [1.165, 1.54) is 0 Å². The molecule has 0 radical (unpaired) electrons. The average Bonchev–Trinajstić information content (AvgIpc) is 3.25. The summed E-state index contributed by atoms with van der Waals surface area (Å²) >= 11 is 6.47.